The maximum Gasteiger partial charge on any atom is 0.325 e. The van der Waals surface area contributed by atoms with Gasteiger partial charge in [0, 0.05) is 30.2 Å². The van der Waals surface area contributed by atoms with Crippen LogP contribution in [-0.2, 0) is 21.4 Å². The topological polar surface area (TPSA) is 136 Å². The largest absolute Gasteiger partial charge is 0.480 e. The van der Waals surface area contributed by atoms with E-state index in [0.29, 0.717) is 10.7 Å². The van der Waals surface area contributed by atoms with E-state index >= 15 is 0 Å². The minimum absolute atomic E-state index is 0.0161. The van der Waals surface area contributed by atoms with Gasteiger partial charge in [0.1, 0.15) is 5.54 Å². The predicted octanol–water partition coefficient (Wildman–Crippen LogP) is 4.31. The van der Waals surface area contributed by atoms with Gasteiger partial charge < -0.3 is 15.4 Å². The van der Waals surface area contributed by atoms with E-state index in [1.54, 1.807) is 61.7 Å². The third-order valence-corrected chi connectivity index (χ3v) is 9.44. The molecule has 1 aromatic heterocycles. The number of hydrogen-bond acceptors (Lipinski definition) is 5. The number of carboxylic acids is 1. The molecule has 4 aromatic rings. The van der Waals surface area contributed by atoms with Gasteiger partial charge in [-0.2, -0.15) is 4.31 Å². The van der Waals surface area contributed by atoms with Gasteiger partial charge >= 0.3 is 5.97 Å². The number of amides is 1. The molecule has 1 fully saturated rings. The molecular formula is C29H27ClN4O5S. The number of sulfonamides is 1. The maximum absolute atomic E-state index is 14.2. The molecule has 5 rings (SSSR count). The normalized spacial score (nSPS) is 18.5. The summed E-state index contributed by atoms with van der Waals surface area (Å²) in [5.41, 5.74) is 6.68. The van der Waals surface area contributed by atoms with Crippen LogP contribution in [0.3, 0.4) is 0 Å². The Morgan fingerprint density at radius 1 is 1.05 bits per heavy atom. The third kappa shape index (κ3) is 5.01. The Hall–Kier alpha value is -3.99. The molecule has 1 amide bonds. The van der Waals surface area contributed by atoms with Crippen LogP contribution in [0.25, 0.3) is 11.1 Å². The molecule has 0 spiro atoms. The van der Waals surface area contributed by atoms with Crippen molar-refractivity contribution in [1.82, 2.24) is 13.9 Å². The van der Waals surface area contributed by atoms with Gasteiger partial charge in [0.25, 0.3) is 5.91 Å². The van der Waals surface area contributed by atoms with Crippen LogP contribution < -0.4 is 5.73 Å². The first-order valence-corrected chi connectivity index (χ1v) is 14.4. The minimum Gasteiger partial charge on any atom is -0.480 e. The number of aromatic nitrogens is 2. The van der Waals surface area contributed by atoms with Crippen LogP contribution in [0.15, 0.2) is 90.0 Å². The number of halogens is 1. The molecule has 1 saturated carbocycles. The number of hydrogen-bond donors (Lipinski definition) is 2. The highest BCUT2D eigenvalue weighted by atomic mass is 35.5. The zero-order chi connectivity index (χ0) is 28.7. The molecule has 1 aliphatic carbocycles. The summed E-state index contributed by atoms with van der Waals surface area (Å²) in [6.07, 6.45) is 1.70. The van der Waals surface area contributed by atoms with E-state index in [-0.39, 0.29) is 30.2 Å². The molecule has 11 heteroatoms. The second kappa shape index (κ2) is 10.5. The summed E-state index contributed by atoms with van der Waals surface area (Å²) < 4.78 is 30.8. The molecule has 1 heterocycles. The summed E-state index contributed by atoms with van der Waals surface area (Å²) in [4.78, 5) is 28.8. The molecule has 3 N–H and O–H groups in total. The van der Waals surface area contributed by atoms with E-state index in [9.17, 15) is 23.1 Å². The van der Waals surface area contributed by atoms with Crippen LogP contribution >= 0.6 is 11.6 Å². The SMILES string of the molecule is Cc1cn(CCN([C@]2(C(=O)O)C[C@H]2c2ccccc2)S(=O)(=O)c2ccc(-c3ccc(Cl)cc3)cc2)c(C(N)=O)n1. The van der Waals surface area contributed by atoms with Crippen molar-refractivity contribution in [1.29, 1.82) is 0 Å². The van der Waals surface area contributed by atoms with Crippen molar-refractivity contribution >= 4 is 33.5 Å². The lowest BCUT2D eigenvalue weighted by Crippen LogP contribution is -2.49. The van der Waals surface area contributed by atoms with Gasteiger partial charge in [-0.15, -0.1) is 0 Å². The number of carbonyl (C=O) groups excluding carboxylic acids is 1. The van der Waals surface area contributed by atoms with Crippen molar-refractivity contribution in [3.8, 4) is 11.1 Å². The Balaban J connectivity index is 1.54. The lowest BCUT2D eigenvalue weighted by molar-refractivity contribution is -0.143. The Morgan fingerprint density at radius 3 is 2.23 bits per heavy atom. The molecule has 9 nitrogen and oxygen atoms in total. The summed E-state index contributed by atoms with van der Waals surface area (Å²) in [5.74, 6) is -2.57. The van der Waals surface area contributed by atoms with Crippen molar-refractivity contribution in [3.63, 3.8) is 0 Å². The fourth-order valence-corrected chi connectivity index (χ4v) is 7.08. The second-order valence-electron chi connectivity index (χ2n) is 9.77. The number of nitrogens with two attached hydrogens (primary N) is 1. The molecule has 0 aliphatic heterocycles. The summed E-state index contributed by atoms with van der Waals surface area (Å²) in [6.45, 7) is 1.45. The van der Waals surface area contributed by atoms with Crippen molar-refractivity contribution in [3.05, 3.63) is 107 Å². The summed E-state index contributed by atoms with van der Waals surface area (Å²) >= 11 is 5.99. The molecule has 2 atom stereocenters. The number of carbonyl (C=O) groups is 2. The molecule has 0 bridgehead atoms. The van der Waals surface area contributed by atoms with Crippen LogP contribution in [0, 0.1) is 6.92 Å². The average molecular weight is 579 g/mol. The molecular weight excluding hydrogens is 552 g/mol. The molecule has 40 heavy (non-hydrogen) atoms. The first-order chi connectivity index (χ1) is 19.0. The monoisotopic (exact) mass is 578 g/mol. The van der Waals surface area contributed by atoms with Gasteiger partial charge in [-0.25, -0.2) is 13.4 Å². The van der Waals surface area contributed by atoms with E-state index in [2.05, 4.69) is 4.98 Å². The van der Waals surface area contributed by atoms with Crippen LogP contribution in [0.1, 0.15) is 34.2 Å². The molecule has 3 aromatic carbocycles. The van der Waals surface area contributed by atoms with E-state index in [0.717, 1.165) is 21.0 Å². The van der Waals surface area contributed by atoms with Gasteiger partial charge in [0.15, 0.2) is 5.82 Å². The number of nitrogens with zero attached hydrogens (tertiary/aromatic N) is 3. The van der Waals surface area contributed by atoms with E-state index in [4.69, 9.17) is 17.3 Å². The highest BCUT2D eigenvalue weighted by molar-refractivity contribution is 7.89. The average Bonchev–Trinajstić information content (AvgIpc) is 3.57. The highest BCUT2D eigenvalue weighted by Crippen LogP contribution is 2.57. The highest BCUT2D eigenvalue weighted by Gasteiger charge is 2.67. The quantitative estimate of drug-likeness (QED) is 0.288. The number of aliphatic carboxylic acids is 1. The number of rotatable bonds is 10. The number of benzene rings is 3. The van der Waals surface area contributed by atoms with E-state index in [1.807, 2.05) is 18.2 Å². The third-order valence-electron chi connectivity index (χ3n) is 7.23. The van der Waals surface area contributed by atoms with Gasteiger partial charge in [0.2, 0.25) is 10.0 Å². The number of aryl methyl sites for hydroxylation is 1. The maximum atomic E-state index is 14.2. The summed E-state index contributed by atoms with van der Waals surface area (Å²) in [6, 6.07) is 22.4. The number of imidazole rings is 1. The van der Waals surface area contributed by atoms with Crippen LogP contribution in [0.5, 0.6) is 0 Å². The fourth-order valence-electron chi connectivity index (χ4n) is 5.19. The Morgan fingerprint density at radius 2 is 1.65 bits per heavy atom. The molecule has 206 valence electrons. The van der Waals surface area contributed by atoms with Gasteiger partial charge in [-0.05, 0) is 54.3 Å². The van der Waals surface area contributed by atoms with E-state index in [1.165, 1.54) is 16.7 Å². The Bertz CT molecular complexity index is 1670. The predicted molar refractivity (Wildman–Crippen MR) is 150 cm³/mol. The zero-order valence-corrected chi connectivity index (χ0v) is 23.1. The summed E-state index contributed by atoms with van der Waals surface area (Å²) in [7, 11) is -4.30. The minimum atomic E-state index is -4.30. The number of carboxylic acid groups (broad SMARTS) is 1. The van der Waals surface area contributed by atoms with Crippen molar-refractivity contribution in [2.24, 2.45) is 5.73 Å². The van der Waals surface area contributed by atoms with Crippen molar-refractivity contribution in [2.45, 2.75) is 36.2 Å². The lowest BCUT2D eigenvalue weighted by atomic mass is 10.1. The lowest BCUT2D eigenvalue weighted by Gasteiger charge is -2.30. The molecule has 0 saturated heterocycles. The Labute approximate surface area is 236 Å². The van der Waals surface area contributed by atoms with Crippen molar-refractivity contribution < 1.29 is 23.1 Å². The van der Waals surface area contributed by atoms with Gasteiger partial charge in [-0.1, -0.05) is 66.2 Å². The van der Waals surface area contributed by atoms with Crippen molar-refractivity contribution in [2.75, 3.05) is 6.54 Å². The zero-order valence-electron chi connectivity index (χ0n) is 21.6. The van der Waals surface area contributed by atoms with Gasteiger partial charge in [0.05, 0.1) is 10.6 Å². The van der Waals surface area contributed by atoms with Crippen LogP contribution in [-0.4, -0.2) is 51.3 Å². The molecule has 0 unspecified atom stereocenters. The molecule has 0 radical (unpaired) electrons. The Kier molecular flexibility index (Phi) is 7.26. The first-order valence-electron chi connectivity index (χ1n) is 12.5. The standard InChI is InChI=1S/C29H27ClN4O5S/c1-19-18-33(27(32-19)26(31)35)15-16-34(29(28(36)37)17-25(29)22-5-3-2-4-6-22)40(38,39)24-13-9-21(10-14-24)20-7-11-23(30)12-8-20/h2-14,18,25H,15-17H2,1H3,(H2,31,35)(H,36,37)/t25-,29+/m0/s1. The van der Waals surface area contributed by atoms with Crippen LogP contribution in [0.4, 0.5) is 0 Å². The van der Waals surface area contributed by atoms with Crippen LogP contribution in [0.2, 0.25) is 5.02 Å². The second-order valence-corrected chi connectivity index (χ2v) is 12.1. The number of primary amides is 1. The first kappa shape index (κ1) is 27.6. The smallest absolute Gasteiger partial charge is 0.325 e. The summed E-state index contributed by atoms with van der Waals surface area (Å²) in [5, 5.41) is 11.1. The molecule has 1 aliphatic rings. The van der Waals surface area contributed by atoms with E-state index < -0.39 is 33.4 Å². The van der Waals surface area contributed by atoms with Gasteiger partial charge in [-0.3, -0.25) is 9.59 Å². The fraction of sp³-hybridized carbons (Fsp3) is 0.207.